The summed E-state index contributed by atoms with van der Waals surface area (Å²) in [6.07, 6.45) is 2.31. The zero-order chi connectivity index (χ0) is 10.6. The molecule has 1 aromatic carbocycles. The number of hydrogen-bond acceptors (Lipinski definition) is 1. The van der Waals surface area contributed by atoms with E-state index in [-0.39, 0.29) is 0 Å². The lowest BCUT2D eigenvalue weighted by molar-refractivity contribution is 1.07. The maximum absolute atomic E-state index is 8.63. The fourth-order valence-electron chi connectivity index (χ4n) is 1.53. The van der Waals surface area contributed by atoms with Crippen LogP contribution in [0.5, 0.6) is 0 Å². The molecule has 0 amide bonds. The Morgan fingerprint density at radius 1 is 1.21 bits per heavy atom. The Bertz CT molecular complexity index is 338. The predicted octanol–water partition coefficient (Wildman–Crippen LogP) is 3.53. The van der Waals surface area contributed by atoms with Crippen LogP contribution in [0.1, 0.15) is 30.5 Å². The van der Waals surface area contributed by atoms with Crippen LogP contribution >= 0.6 is 11.6 Å². The molecule has 0 aliphatic heterocycles. The van der Waals surface area contributed by atoms with Gasteiger partial charge in [-0.15, -0.1) is 0 Å². The summed E-state index contributed by atoms with van der Waals surface area (Å²) in [5, 5.41) is 9.51. The molecule has 0 aliphatic rings. The van der Waals surface area contributed by atoms with Crippen molar-refractivity contribution in [2.45, 2.75) is 33.1 Å². The molecule has 0 unspecified atom stereocenters. The average Bonchev–Trinajstić information content (AvgIpc) is 2.20. The molecule has 0 atom stereocenters. The van der Waals surface area contributed by atoms with E-state index >= 15 is 0 Å². The monoisotopic (exact) mass is 207 g/mol. The van der Waals surface area contributed by atoms with Crippen molar-refractivity contribution in [1.82, 2.24) is 0 Å². The molecule has 2 heteroatoms. The van der Waals surface area contributed by atoms with Crippen LogP contribution in [0.2, 0.25) is 5.02 Å². The van der Waals surface area contributed by atoms with Crippen LogP contribution in [-0.4, -0.2) is 0 Å². The molecule has 0 saturated heterocycles. The highest BCUT2D eigenvalue weighted by molar-refractivity contribution is 6.32. The van der Waals surface area contributed by atoms with E-state index < -0.39 is 0 Å². The Labute approximate surface area is 90.3 Å². The van der Waals surface area contributed by atoms with Gasteiger partial charge in [-0.05, 0) is 29.5 Å². The summed E-state index contributed by atoms with van der Waals surface area (Å²) < 4.78 is 0. The van der Waals surface area contributed by atoms with Gasteiger partial charge in [0.05, 0.1) is 12.5 Å². The lowest BCUT2D eigenvalue weighted by atomic mass is 10.0. The molecular formula is C12H14ClN. The van der Waals surface area contributed by atoms with Crippen molar-refractivity contribution in [3.05, 3.63) is 33.8 Å². The summed E-state index contributed by atoms with van der Waals surface area (Å²) in [6.45, 7) is 4.16. The van der Waals surface area contributed by atoms with Gasteiger partial charge in [0.25, 0.3) is 0 Å². The Morgan fingerprint density at radius 2 is 1.71 bits per heavy atom. The van der Waals surface area contributed by atoms with Gasteiger partial charge in [0.2, 0.25) is 0 Å². The number of nitrogens with zero attached hydrogens (tertiary/aromatic N) is 1. The highest BCUT2D eigenvalue weighted by Crippen LogP contribution is 2.24. The largest absolute Gasteiger partial charge is 0.198 e. The van der Waals surface area contributed by atoms with Gasteiger partial charge in [0, 0.05) is 5.02 Å². The van der Waals surface area contributed by atoms with E-state index in [1.807, 2.05) is 12.1 Å². The average molecular weight is 208 g/mol. The molecule has 0 spiro atoms. The van der Waals surface area contributed by atoms with Crippen LogP contribution < -0.4 is 0 Å². The highest BCUT2D eigenvalue weighted by atomic mass is 35.5. The minimum absolute atomic E-state index is 0.469. The quantitative estimate of drug-likeness (QED) is 0.744. The molecule has 0 N–H and O–H groups in total. The molecule has 74 valence electrons. The molecule has 1 rings (SSSR count). The molecule has 14 heavy (non-hydrogen) atoms. The van der Waals surface area contributed by atoms with Gasteiger partial charge in [-0.3, -0.25) is 0 Å². The van der Waals surface area contributed by atoms with E-state index in [2.05, 4.69) is 19.9 Å². The van der Waals surface area contributed by atoms with Crippen LogP contribution in [0.3, 0.4) is 0 Å². The van der Waals surface area contributed by atoms with Crippen LogP contribution in [0.15, 0.2) is 12.1 Å². The van der Waals surface area contributed by atoms with Crippen LogP contribution in [0, 0.1) is 11.3 Å². The molecule has 1 aromatic rings. The first-order chi connectivity index (χ1) is 6.72. The van der Waals surface area contributed by atoms with E-state index in [9.17, 15) is 0 Å². The maximum atomic E-state index is 8.63. The van der Waals surface area contributed by atoms with Gasteiger partial charge < -0.3 is 0 Å². The van der Waals surface area contributed by atoms with Gasteiger partial charge >= 0.3 is 0 Å². The number of hydrogen-bond donors (Lipinski definition) is 0. The normalized spacial score (nSPS) is 9.86. The van der Waals surface area contributed by atoms with Crippen molar-refractivity contribution in [3.63, 3.8) is 0 Å². The fraction of sp³-hybridized carbons (Fsp3) is 0.417. The van der Waals surface area contributed by atoms with Crippen molar-refractivity contribution < 1.29 is 0 Å². The first-order valence-corrected chi connectivity index (χ1v) is 5.27. The second-order valence-corrected chi connectivity index (χ2v) is 3.65. The topological polar surface area (TPSA) is 23.8 Å². The van der Waals surface area contributed by atoms with E-state index in [0.29, 0.717) is 6.42 Å². The van der Waals surface area contributed by atoms with E-state index in [0.717, 1.165) is 34.6 Å². The fourth-order valence-corrected chi connectivity index (χ4v) is 1.91. The summed E-state index contributed by atoms with van der Waals surface area (Å²) >= 11 is 6.20. The molecule has 0 heterocycles. The Hall–Kier alpha value is -1.000. The number of nitriles is 1. The van der Waals surface area contributed by atoms with Crippen molar-refractivity contribution in [1.29, 1.82) is 5.26 Å². The molecule has 0 aliphatic carbocycles. The van der Waals surface area contributed by atoms with Crippen LogP contribution in [-0.2, 0) is 19.3 Å². The Kier molecular flexibility index (Phi) is 3.98. The van der Waals surface area contributed by atoms with Gasteiger partial charge in [-0.2, -0.15) is 5.26 Å². The van der Waals surface area contributed by atoms with Gasteiger partial charge in [0.15, 0.2) is 0 Å². The maximum Gasteiger partial charge on any atom is 0.0669 e. The summed E-state index contributed by atoms with van der Waals surface area (Å²) in [4.78, 5) is 0. The van der Waals surface area contributed by atoms with Gasteiger partial charge in [0.1, 0.15) is 0 Å². The number of halogens is 1. The van der Waals surface area contributed by atoms with Gasteiger partial charge in [-0.1, -0.05) is 37.6 Å². The van der Waals surface area contributed by atoms with E-state index in [4.69, 9.17) is 16.9 Å². The predicted molar refractivity (Wildman–Crippen MR) is 59.5 cm³/mol. The zero-order valence-electron chi connectivity index (χ0n) is 8.60. The second-order valence-electron chi connectivity index (χ2n) is 3.27. The minimum atomic E-state index is 0.469. The molecule has 1 nitrogen and oxygen atoms in total. The SMILES string of the molecule is CCc1cc(CC#N)cc(CC)c1Cl. The first kappa shape index (κ1) is 11.1. The molecule has 0 saturated carbocycles. The van der Waals surface area contributed by atoms with Crippen molar-refractivity contribution in [2.75, 3.05) is 0 Å². The van der Waals surface area contributed by atoms with Crippen molar-refractivity contribution in [3.8, 4) is 6.07 Å². The van der Waals surface area contributed by atoms with Crippen molar-refractivity contribution >= 4 is 11.6 Å². The summed E-state index contributed by atoms with van der Waals surface area (Å²) in [5.74, 6) is 0. The van der Waals surface area contributed by atoms with E-state index in [1.165, 1.54) is 0 Å². The Balaban J connectivity index is 3.19. The second kappa shape index (κ2) is 5.02. The van der Waals surface area contributed by atoms with E-state index in [1.54, 1.807) is 0 Å². The summed E-state index contributed by atoms with van der Waals surface area (Å²) in [5.41, 5.74) is 3.37. The molecule has 0 radical (unpaired) electrons. The third-order valence-corrected chi connectivity index (χ3v) is 2.81. The van der Waals surface area contributed by atoms with Crippen LogP contribution in [0.25, 0.3) is 0 Å². The first-order valence-electron chi connectivity index (χ1n) is 4.90. The van der Waals surface area contributed by atoms with Crippen molar-refractivity contribution in [2.24, 2.45) is 0 Å². The third kappa shape index (κ3) is 2.27. The lowest BCUT2D eigenvalue weighted by Crippen LogP contribution is -1.93. The third-order valence-electron chi connectivity index (χ3n) is 2.33. The minimum Gasteiger partial charge on any atom is -0.198 e. The number of benzene rings is 1. The van der Waals surface area contributed by atoms with Crippen LogP contribution in [0.4, 0.5) is 0 Å². The van der Waals surface area contributed by atoms with Gasteiger partial charge in [-0.25, -0.2) is 0 Å². The number of aryl methyl sites for hydroxylation is 2. The molecule has 0 bridgehead atoms. The number of rotatable bonds is 3. The lowest BCUT2D eigenvalue weighted by Gasteiger charge is -2.08. The Morgan fingerprint density at radius 3 is 2.07 bits per heavy atom. The summed E-state index contributed by atoms with van der Waals surface area (Å²) in [6, 6.07) is 6.23. The standard InChI is InChI=1S/C12H14ClN/c1-3-10-7-9(5-6-14)8-11(4-2)12(10)13/h7-8H,3-5H2,1-2H3. The smallest absolute Gasteiger partial charge is 0.0669 e. The molecule has 0 aromatic heterocycles. The molecule has 0 fully saturated rings. The summed E-state index contributed by atoms with van der Waals surface area (Å²) in [7, 11) is 0. The highest BCUT2D eigenvalue weighted by Gasteiger charge is 2.06. The molecular weight excluding hydrogens is 194 g/mol. The zero-order valence-corrected chi connectivity index (χ0v) is 9.36.